The third kappa shape index (κ3) is 6.26. The molecule has 4 nitrogen and oxygen atoms in total. The van der Waals surface area contributed by atoms with Gasteiger partial charge in [0, 0.05) is 35.9 Å². The first-order chi connectivity index (χ1) is 10.7. The summed E-state index contributed by atoms with van der Waals surface area (Å²) in [5, 5.41) is 3.12. The minimum absolute atomic E-state index is 0.505. The fourth-order valence-electron chi connectivity index (χ4n) is 2.10. The standard InChI is InChI=1S/C17H21BrN4/c18-15-7-3-5-14(13-15)6-4-11-21-17(19)22-12-9-16-8-1-2-10-20-16/h1-3,5,7-8,10,13H,4,6,9,11-12H2,(H3,19,21,22). The van der Waals surface area contributed by atoms with Gasteiger partial charge in [0.1, 0.15) is 0 Å². The van der Waals surface area contributed by atoms with Gasteiger partial charge in [-0.2, -0.15) is 0 Å². The van der Waals surface area contributed by atoms with Crippen molar-refractivity contribution in [3.63, 3.8) is 0 Å². The smallest absolute Gasteiger partial charge is 0.188 e. The molecule has 0 saturated carbocycles. The molecule has 116 valence electrons. The van der Waals surface area contributed by atoms with Gasteiger partial charge >= 0.3 is 0 Å². The van der Waals surface area contributed by atoms with E-state index in [1.54, 1.807) is 6.20 Å². The van der Waals surface area contributed by atoms with Gasteiger partial charge in [0.25, 0.3) is 0 Å². The highest BCUT2D eigenvalue weighted by Gasteiger charge is 1.96. The van der Waals surface area contributed by atoms with Crippen molar-refractivity contribution in [3.05, 3.63) is 64.4 Å². The minimum atomic E-state index is 0.505. The van der Waals surface area contributed by atoms with Crippen molar-refractivity contribution in [1.29, 1.82) is 0 Å². The van der Waals surface area contributed by atoms with Crippen molar-refractivity contribution < 1.29 is 0 Å². The van der Waals surface area contributed by atoms with Crippen LogP contribution in [-0.2, 0) is 12.8 Å². The van der Waals surface area contributed by atoms with Gasteiger partial charge < -0.3 is 11.1 Å². The summed E-state index contributed by atoms with van der Waals surface area (Å²) in [6.07, 6.45) is 4.63. The number of halogens is 1. The maximum Gasteiger partial charge on any atom is 0.188 e. The highest BCUT2D eigenvalue weighted by atomic mass is 79.9. The number of aromatic nitrogens is 1. The highest BCUT2D eigenvalue weighted by Crippen LogP contribution is 2.12. The summed E-state index contributed by atoms with van der Waals surface area (Å²) in [6, 6.07) is 14.3. The van der Waals surface area contributed by atoms with Crippen LogP contribution in [0.3, 0.4) is 0 Å². The first kappa shape index (κ1) is 16.5. The highest BCUT2D eigenvalue weighted by molar-refractivity contribution is 9.10. The van der Waals surface area contributed by atoms with Crippen LogP contribution in [-0.4, -0.2) is 24.0 Å². The number of rotatable bonds is 7. The molecular weight excluding hydrogens is 340 g/mol. The number of nitrogens with two attached hydrogens (primary N) is 1. The Labute approximate surface area is 140 Å². The average Bonchev–Trinajstić information content (AvgIpc) is 2.53. The zero-order valence-corrected chi connectivity index (χ0v) is 14.1. The summed E-state index contributed by atoms with van der Waals surface area (Å²) < 4.78 is 1.12. The van der Waals surface area contributed by atoms with Crippen LogP contribution in [0.15, 0.2) is 58.1 Å². The van der Waals surface area contributed by atoms with Crippen LogP contribution in [0.5, 0.6) is 0 Å². The Kier molecular flexibility index (Phi) is 6.90. The molecule has 0 unspecified atom stereocenters. The van der Waals surface area contributed by atoms with Crippen LogP contribution in [0.2, 0.25) is 0 Å². The Morgan fingerprint density at radius 3 is 2.86 bits per heavy atom. The van der Waals surface area contributed by atoms with E-state index in [1.165, 1.54) is 5.56 Å². The maximum atomic E-state index is 5.85. The van der Waals surface area contributed by atoms with Crippen molar-refractivity contribution in [2.24, 2.45) is 10.7 Å². The van der Waals surface area contributed by atoms with E-state index in [4.69, 9.17) is 5.73 Å². The second-order valence-electron chi connectivity index (χ2n) is 5.00. The predicted molar refractivity (Wildman–Crippen MR) is 94.9 cm³/mol. The summed E-state index contributed by atoms with van der Waals surface area (Å²) >= 11 is 3.48. The van der Waals surface area contributed by atoms with Crippen LogP contribution in [0.1, 0.15) is 17.7 Å². The lowest BCUT2D eigenvalue weighted by atomic mass is 10.1. The Hall–Kier alpha value is -1.88. The summed E-state index contributed by atoms with van der Waals surface area (Å²) in [5.41, 5.74) is 8.22. The molecule has 0 saturated heterocycles. The lowest BCUT2D eigenvalue weighted by molar-refractivity contribution is 0.801. The summed E-state index contributed by atoms with van der Waals surface area (Å²) in [5.74, 6) is 0.505. The number of pyridine rings is 1. The zero-order valence-electron chi connectivity index (χ0n) is 12.5. The van der Waals surface area contributed by atoms with Crippen LogP contribution < -0.4 is 11.1 Å². The van der Waals surface area contributed by atoms with E-state index in [0.29, 0.717) is 5.96 Å². The van der Waals surface area contributed by atoms with Gasteiger partial charge in [0.2, 0.25) is 0 Å². The number of nitrogens with one attached hydrogen (secondary N) is 1. The van der Waals surface area contributed by atoms with Crippen molar-refractivity contribution in [2.75, 3.05) is 13.1 Å². The van der Waals surface area contributed by atoms with Gasteiger partial charge in [-0.3, -0.25) is 9.98 Å². The largest absolute Gasteiger partial charge is 0.370 e. The number of aliphatic imine (C=N–C) groups is 1. The SMILES string of the molecule is NC(=NCCCc1cccc(Br)c1)NCCc1ccccn1. The molecule has 5 heteroatoms. The van der Waals surface area contributed by atoms with Gasteiger partial charge in [-0.1, -0.05) is 34.1 Å². The molecule has 1 heterocycles. The van der Waals surface area contributed by atoms with E-state index in [2.05, 4.69) is 49.4 Å². The summed E-state index contributed by atoms with van der Waals surface area (Å²) in [6.45, 7) is 1.48. The molecule has 2 aromatic rings. The summed E-state index contributed by atoms with van der Waals surface area (Å²) in [4.78, 5) is 8.61. The number of guanidine groups is 1. The Bertz CT molecular complexity index is 599. The molecule has 0 amide bonds. The topological polar surface area (TPSA) is 63.3 Å². The van der Waals surface area contributed by atoms with Gasteiger partial charge in [-0.25, -0.2) is 0 Å². The fourth-order valence-corrected chi connectivity index (χ4v) is 2.54. The molecule has 0 spiro atoms. The first-order valence-corrected chi connectivity index (χ1v) is 8.21. The van der Waals surface area contributed by atoms with Gasteiger partial charge in [-0.15, -0.1) is 0 Å². The van der Waals surface area contributed by atoms with Crippen molar-refractivity contribution in [2.45, 2.75) is 19.3 Å². The minimum Gasteiger partial charge on any atom is -0.370 e. The molecular formula is C17H21BrN4. The van der Waals surface area contributed by atoms with E-state index in [1.807, 2.05) is 24.3 Å². The third-order valence-electron chi connectivity index (χ3n) is 3.21. The third-order valence-corrected chi connectivity index (χ3v) is 3.70. The monoisotopic (exact) mass is 360 g/mol. The van der Waals surface area contributed by atoms with Crippen molar-refractivity contribution in [1.82, 2.24) is 10.3 Å². The Balaban J connectivity index is 1.63. The molecule has 0 aliphatic heterocycles. The number of hydrogen-bond acceptors (Lipinski definition) is 2. The van der Waals surface area contributed by atoms with E-state index in [-0.39, 0.29) is 0 Å². The lowest BCUT2D eigenvalue weighted by Gasteiger charge is -2.05. The molecule has 2 rings (SSSR count). The molecule has 0 aliphatic rings. The van der Waals surface area contributed by atoms with Gasteiger partial charge in [-0.05, 0) is 42.7 Å². The van der Waals surface area contributed by atoms with Crippen LogP contribution in [0.25, 0.3) is 0 Å². The number of benzene rings is 1. The van der Waals surface area contributed by atoms with E-state index < -0.39 is 0 Å². The number of aryl methyl sites for hydroxylation is 1. The molecule has 1 aromatic heterocycles. The maximum absolute atomic E-state index is 5.85. The average molecular weight is 361 g/mol. The quantitative estimate of drug-likeness (QED) is 0.453. The number of hydrogen-bond donors (Lipinski definition) is 2. The molecule has 3 N–H and O–H groups in total. The molecule has 0 radical (unpaired) electrons. The normalized spacial score (nSPS) is 11.4. The van der Waals surface area contributed by atoms with Gasteiger partial charge in [0.15, 0.2) is 5.96 Å². The van der Waals surface area contributed by atoms with Crippen molar-refractivity contribution >= 4 is 21.9 Å². The molecule has 22 heavy (non-hydrogen) atoms. The van der Waals surface area contributed by atoms with Crippen LogP contribution in [0, 0.1) is 0 Å². The molecule has 0 atom stereocenters. The summed E-state index contributed by atoms with van der Waals surface area (Å²) in [7, 11) is 0. The second-order valence-corrected chi connectivity index (χ2v) is 5.91. The second kappa shape index (κ2) is 9.20. The van der Waals surface area contributed by atoms with E-state index >= 15 is 0 Å². The van der Waals surface area contributed by atoms with Crippen LogP contribution in [0.4, 0.5) is 0 Å². The predicted octanol–water partition coefficient (Wildman–Crippen LogP) is 2.92. The first-order valence-electron chi connectivity index (χ1n) is 7.42. The molecule has 0 bridgehead atoms. The van der Waals surface area contributed by atoms with E-state index in [0.717, 1.165) is 42.5 Å². The van der Waals surface area contributed by atoms with Gasteiger partial charge in [0.05, 0.1) is 0 Å². The van der Waals surface area contributed by atoms with Crippen LogP contribution >= 0.6 is 15.9 Å². The molecule has 0 fully saturated rings. The zero-order chi connectivity index (χ0) is 15.6. The Morgan fingerprint density at radius 1 is 1.18 bits per heavy atom. The Morgan fingerprint density at radius 2 is 2.09 bits per heavy atom. The fraction of sp³-hybridized carbons (Fsp3) is 0.294. The lowest BCUT2D eigenvalue weighted by Crippen LogP contribution is -2.33. The number of nitrogens with zero attached hydrogens (tertiary/aromatic N) is 2. The molecule has 0 aliphatic carbocycles. The van der Waals surface area contributed by atoms with E-state index in [9.17, 15) is 0 Å². The molecule has 1 aromatic carbocycles. The van der Waals surface area contributed by atoms with Crippen molar-refractivity contribution in [3.8, 4) is 0 Å².